The van der Waals surface area contributed by atoms with Crippen LogP contribution in [0.2, 0.25) is 0 Å². The molecule has 0 aliphatic rings. The molecule has 1 rings (SSSR count). The van der Waals surface area contributed by atoms with Gasteiger partial charge in [0.2, 0.25) is 0 Å². The number of ether oxygens (including phenoxy) is 1. The second-order valence-electron chi connectivity index (χ2n) is 6.02. The Morgan fingerprint density at radius 3 is 2.47 bits per heavy atom. The number of hydrogen-bond donors (Lipinski definition) is 1. The van der Waals surface area contributed by atoms with Crippen LogP contribution in [-0.2, 0) is 11.2 Å². The Labute approximate surface area is 126 Å². The highest BCUT2D eigenvalue weighted by Gasteiger charge is 2.18. The van der Waals surface area contributed by atoms with Crippen molar-refractivity contribution in [2.24, 2.45) is 5.41 Å². The third-order valence-corrected chi connectivity index (χ3v) is 3.90. The van der Waals surface area contributed by atoms with Gasteiger partial charge in [-0.2, -0.15) is 0 Å². The molecule has 0 radical (unpaired) electrons. The number of hydrogen-bond acceptors (Lipinski definition) is 2. The molecule has 1 unspecified atom stereocenters. The van der Waals surface area contributed by atoms with E-state index in [1.807, 2.05) is 0 Å². The SMILES string of the molecule is COCCC(C)(C)CNC(C)Cc1ccc(Br)cc1. The van der Waals surface area contributed by atoms with Crippen molar-refractivity contribution < 1.29 is 4.74 Å². The van der Waals surface area contributed by atoms with Gasteiger partial charge >= 0.3 is 0 Å². The van der Waals surface area contributed by atoms with Gasteiger partial charge in [0.05, 0.1) is 0 Å². The normalized spacial score (nSPS) is 13.5. The molecule has 0 aliphatic heterocycles. The van der Waals surface area contributed by atoms with E-state index in [4.69, 9.17) is 4.74 Å². The van der Waals surface area contributed by atoms with E-state index in [-0.39, 0.29) is 5.41 Å². The van der Waals surface area contributed by atoms with Crippen LogP contribution < -0.4 is 5.32 Å². The molecule has 0 aromatic heterocycles. The zero-order valence-corrected chi connectivity index (χ0v) is 14.1. The quantitative estimate of drug-likeness (QED) is 0.778. The largest absolute Gasteiger partial charge is 0.385 e. The lowest BCUT2D eigenvalue weighted by molar-refractivity contribution is 0.149. The molecule has 1 aromatic rings. The lowest BCUT2D eigenvalue weighted by Gasteiger charge is -2.27. The Kier molecular flexibility index (Phi) is 7.05. The fourth-order valence-corrected chi connectivity index (χ4v) is 2.23. The minimum Gasteiger partial charge on any atom is -0.385 e. The fraction of sp³-hybridized carbons (Fsp3) is 0.625. The molecule has 0 heterocycles. The monoisotopic (exact) mass is 327 g/mol. The molecule has 0 spiro atoms. The third kappa shape index (κ3) is 7.09. The molecule has 0 saturated heterocycles. The highest BCUT2D eigenvalue weighted by atomic mass is 79.9. The van der Waals surface area contributed by atoms with Gasteiger partial charge in [-0.3, -0.25) is 0 Å². The van der Waals surface area contributed by atoms with E-state index in [1.165, 1.54) is 5.56 Å². The van der Waals surface area contributed by atoms with Crippen molar-refractivity contribution in [3.63, 3.8) is 0 Å². The van der Waals surface area contributed by atoms with Crippen LogP contribution in [0.3, 0.4) is 0 Å². The molecule has 1 atom stereocenters. The van der Waals surface area contributed by atoms with Crippen molar-refractivity contribution in [3.05, 3.63) is 34.3 Å². The van der Waals surface area contributed by atoms with Gasteiger partial charge in [-0.15, -0.1) is 0 Å². The van der Waals surface area contributed by atoms with E-state index < -0.39 is 0 Å². The predicted molar refractivity (Wildman–Crippen MR) is 85.6 cm³/mol. The van der Waals surface area contributed by atoms with Crippen LogP contribution in [0.4, 0.5) is 0 Å². The van der Waals surface area contributed by atoms with Gasteiger partial charge in [0.15, 0.2) is 0 Å². The highest BCUT2D eigenvalue weighted by molar-refractivity contribution is 9.10. The first-order valence-corrected chi connectivity index (χ1v) is 7.69. The molecule has 1 N–H and O–H groups in total. The summed E-state index contributed by atoms with van der Waals surface area (Å²) in [7, 11) is 1.76. The van der Waals surface area contributed by atoms with Crippen LogP contribution in [-0.4, -0.2) is 26.3 Å². The summed E-state index contributed by atoms with van der Waals surface area (Å²) in [6.07, 6.45) is 2.15. The molecular weight excluding hydrogens is 302 g/mol. The number of benzene rings is 1. The summed E-state index contributed by atoms with van der Waals surface area (Å²) in [5.74, 6) is 0. The maximum absolute atomic E-state index is 5.16. The Hall–Kier alpha value is -0.380. The van der Waals surface area contributed by atoms with E-state index in [0.717, 1.165) is 30.5 Å². The Bertz CT molecular complexity index is 362. The van der Waals surface area contributed by atoms with E-state index >= 15 is 0 Å². The molecule has 0 aliphatic carbocycles. The van der Waals surface area contributed by atoms with Crippen molar-refractivity contribution in [3.8, 4) is 0 Å². The molecule has 0 amide bonds. The Morgan fingerprint density at radius 2 is 1.89 bits per heavy atom. The number of nitrogens with one attached hydrogen (secondary N) is 1. The van der Waals surface area contributed by atoms with Gasteiger partial charge in [0.25, 0.3) is 0 Å². The van der Waals surface area contributed by atoms with Gasteiger partial charge < -0.3 is 10.1 Å². The summed E-state index contributed by atoms with van der Waals surface area (Å²) in [5.41, 5.74) is 1.65. The van der Waals surface area contributed by atoms with E-state index in [0.29, 0.717) is 6.04 Å². The topological polar surface area (TPSA) is 21.3 Å². The van der Waals surface area contributed by atoms with Crippen LogP contribution in [0.25, 0.3) is 0 Å². The van der Waals surface area contributed by atoms with Gasteiger partial charge in [-0.05, 0) is 42.9 Å². The predicted octanol–water partition coefficient (Wildman–Crippen LogP) is 4.03. The molecule has 108 valence electrons. The minimum absolute atomic E-state index is 0.282. The first kappa shape index (κ1) is 16.7. The van der Waals surface area contributed by atoms with Crippen molar-refractivity contribution >= 4 is 15.9 Å². The maximum atomic E-state index is 5.16. The first-order valence-electron chi connectivity index (χ1n) is 6.90. The molecular formula is C16H26BrNO. The van der Waals surface area contributed by atoms with Gasteiger partial charge in [-0.1, -0.05) is 41.9 Å². The maximum Gasteiger partial charge on any atom is 0.0467 e. The molecule has 2 nitrogen and oxygen atoms in total. The molecule has 1 aromatic carbocycles. The van der Waals surface area contributed by atoms with E-state index in [9.17, 15) is 0 Å². The third-order valence-electron chi connectivity index (χ3n) is 3.37. The van der Waals surface area contributed by atoms with Gasteiger partial charge in [-0.25, -0.2) is 0 Å². The summed E-state index contributed by atoms with van der Waals surface area (Å²) in [4.78, 5) is 0. The second kappa shape index (κ2) is 8.03. The lowest BCUT2D eigenvalue weighted by Crippen LogP contribution is -2.37. The minimum atomic E-state index is 0.282. The Morgan fingerprint density at radius 1 is 1.26 bits per heavy atom. The van der Waals surface area contributed by atoms with E-state index in [1.54, 1.807) is 7.11 Å². The van der Waals surface area contributed by atoms with Crippen molar-refractivity contribution in [2.45, 2.75) is 39.7 Å². The number of halogens is 1. The average Bonchev–Trinajstić information content (AvgIpc) is 2.37. The molecule has 0 saturated carbocycles. The standard InChI is InChI=1S/C16H26BrNO/c1-13(11-14-5-7-15(17)8-6-14)18-12-16(2,3)9-10-19-4/h5-8,13,18H,9-12H2,1-4H3. The van der Waals surface area contributed by atoms with Crippen molar-refractivity contribution in [1.29, 1.82) is 0 Å². The fourth-order valence-electron chi connectivity index (χ4n) is 1.96. The van der Waals surface area contributed by atoms with Gasteiger partial charge in [0.1, 0.15) is 0 Å². The smallest absolute Gasteiger partial charge is 0.0467 e. The second-order valence-corrected chi connectivity index (χ2v) is 6.94. The number of rotatable bonds is 8. The van der Waals surface area contributed by atoms with Crippen molar-refractivity contribution in [2.75, 3.05) is 20.3 Å². The molecule has 3 heteroatoms. The highest BCUT2D eigenvalue weighted by Crippen LogP contribution is 2.19. The lowest BCUT2D eigenvalue weighted by atomic mass is 9.89. The molecule has 0 bridgehead atoms. The van der Waals surface area contributed by atoms with Crippen molar-refractivity contribution in [1.82, 2.24) is 5.32 Å². The molecule has 0 fully saturated rings. The van der Waals surface area contributed by atoms with Crippen LogP contribution in [0, 0.1) is 5.41 Å². The summed E-state index contributed by atoms with van der Waals surface area (Å²) in [6, 6.07) is 9.05. The summed E-state index contributed by atoms with van der Waals surface area (Å²) < 4.78 is 6.30. The van der Waals surface area contributed by atoms with Crippen LogP contribution >= 0.6 is 15.9 Å². The first-order chi connectivity index (χ1) is 8.93. The Balaban J connectivity index is 2.34. The zero-order valence-electron chi connectivity index (χ0n) is 12.5. The number of methoxy groups -OCH3 is 1. The molecule has 19 heavy (non-hydrogen) atoms. The average molecular weight is 328 g/mol. The summed E-state index contributed by atoms with van der Waals surface area (Å²) in [6.45, 7) is 8.66. The van der Waals surface area contributed by atoms with Gasteiger partial charge in [0, 0.05) is 30.8 Å². The van der Waals surface area contributed by atoms with Crippen LogP contribution in [0.1, 0.15) is 32.8 Å². The van der Waals surface area contributed by atoms with Crippen LogP contribution in [0.5, 0.6) is 0 Å². The zero-order chi connectivity index (χ0) is 14.3. The summed E-state index contributed by atoms with van der Waals surface area (Å²) >= 11 is 3.47. The summed E-state index contributed by atoms with van der Waals surface area (Å²) in [5, 5.41) is 3.63. The van der Waals surface area contributed by atoms with E-state index in [2.05, 4.69) is 66.3 Å². The van der Waals surface area contributed by atoms with Crippen LogP contribution in [0.15, 0.2) is 28.7 Å².